The van der Waals surface area contributed by atoms with Gasteiger partial charge in [-0.05, 0) is 62.8 Å². The van der Waals surface area contributed by atoms with Crippen molar-refractivity contribution < 1.29 is 36.9 Å². The Kier molecular flexibility index (Phi) is 11.2. The monoisotopic (exact) mass is 826 g/mol. The van der Waals surface area contributed by atoms with Crippen molar-refractivity contribution in [1.29, 1.82) is 0 Å². The van der Waals surface area contributed by atoms with Crippen LogP contribution in [0.5, 0.6) is 0 Å². The van der Waals surface area contributed by atoms with Gasteiger partial charge < -0.3 is 20.2 Å². The fourth-order valence-electron chi connectivity index (χ4n) is 5.61. The number of aliphatic carboxylic acids is 2. The Balaban J connectivity index is 0.00000264. The standard InChI is InChI=1S/C34H34N4O4.Fe.Pb.2H/c1-7-21-17(3)25-13-26-19(5)23(9-11-33(39)40)31(37-26)16-32-24(10-12-34(41)42)20(6)28(38-32)15-30-22(8-2)18(4)27(36-30)14-29(21)35-25;;;;/h7-8,13-16H,1-2,9-12H2,3-6H3,(H4,35,36,37,38,39,40,41,42);;;;/q;+2;;;/p-2. The van der Waals surface area contributed by atoms with Crippen molar-refractivity contribution in [2.75, 3.05) is 0 Å². The van der Waals surface area contributed by atoms with Gasteiger partial charge in [0.1, 0.15) is 0 Å². The van der Waals surface area contributed by atoms with Crippen molar-refractivity contribution >= 4 is 89.7 Å². The summed E-state index contributed by atoms with van der Waals surface area (Å²) in [6, 6.07) is 7.62. The number of carboxylic acids is 2. The second-order valence-electron chi connectivity index (χ2n) is 10.6. The molecular weight excluding hydrogens is 791 g/mol. The summed E-state index contributed by atoms with van der Waals surface area (Å²) in [7, 11) is 0. The van der Waals surface area contributed by atoms with E-state index in [1.165, 1.54) is 0 Å². The van der Waals surface area contributed by atoms with E-state index in [1.807, 2.05) is 52.0 Å². The topological polar surface area (TPSA) is 129 Å². The molecule has 0 spiro atoms. The molecule has 0 atom stereocenters. The third-order valence-electron chi connectivity index (χ3n) is 8.06. The third-order valence-corrected chi connectivity index (χ3v) is 8.06. The molecule has 0 saturated carbocycles. The average molecular weight is 826 g/mol. The van der Waals surface area contributed by atoms with Crippen LogP contribution in [0.25, 0.3) is 50.4 Å². The number of nitrogens with zero attached hydrogens (tertiary/aromatic N) is 4. The van der Waals surface area contributed by atoms with E-state index in [-0.39, 0.29) is 57.2 Å². The molecule has 5 rings (SSSR count). The molecular formula is C34H34FeN4O4Pb. The van der Waals surface area contributed by atoms with Crippen LogP contribution in [0.3, 0.4) is 0 Å². The zero-order chi connectivity index (χ0) is 30.3. The molecule has 8 nitrogen and oxygen atoms in total. The van der Waals surface area contributed by atoms with Crippen LogP contribution >= 0.6 is 0 Å². The first-order valence-corrected chi connectivity index (χ1v) is 13.8. The van der Waals surface area contributed by atoms with Gasteiger partial charge in [0.25, 0.3) is 0 Å². The zero-order valence-electron chi connectivity index (χ0n) is 25.3. The van der Waals surface area contributed by atoms with E-state index in [0.717, 1.165) is 61.5 Å². The number of hydrogen-bond donors (Lipinski definition) is 2. The van der Waals surface area contributed by atoms with Crippen molar-refractivity contribution in [3.05, 3.63) is 88.5 Å². The van der Waals surface area contributed by atoms with E-state index in [0.29, 0.717) is 40.8 Å². The number of carbonyl (C=O) groups is 2. The summed E-state index contributed by atoms with van der Waals surface area (Å²) in [6.07, 6.45) is 4.06. The number of fused-ring (bicyclic) bond motifs is 8. The summed E-state index contributed by atoms with van der Waals surface area (Å²) >= 11 is 0. The molecule has 0 saturated heterocycles. The molecule has 8 bridgehead atoms. The first kappa shape index (κ1) is 34.9. The van der Waals surface area contributed by atoms with Gasteiger partial charge in [-0.1, -0.05) is 66.3 Å². The predicted octanol–water partition coefficient (Wildman–Crippen LogP) is 5.84. The van der Waals surface area contributed by atoms with E-state index in [9.17, 15) is 19.8 Å². The van der Waals surface area contributed by atoms with Crippen LogP contribution in [0, 0.1) is 13.8 Å². The molecule has 5 heterocycles. The van der Waals surface area contributed by atoms with Gasteiger partial charge in [0.05, 0.1) is 22.8 Å². The Labute approximate surface area is 286 Å². The minimum absolute atomic E-state index is 0. The molecule has 0 unspecified atom stereocenters. The van der Waals surface area contributed by atoms with Crippen molar-refractivity contribution in [3.63, 3.8) is 0 Å². The second kappa shape index (κ2) is 14.0. The molecule has 10 heteroatoms. The molecule has 3 aromatic heterocycles. The fraction of sp³-hybridized carbons (Fsp3) is 0.235. The maximum atomic E-state index is 11.5. The minimum atomic E-state index is -0.898. The number of carboxylic acid groups (broad SMARTS) is 2. The summed E-state index contributed by atoms with van der Waals surface area (Å²) in [6.45, 7) is 15.9. The Morgan fingerprint density at radius 3 is 1.89 bits per heavy atom. The number of hydrogen-bond acceptors (Lipinski definition) is 4. The van der Waals surface area contributed by atoms with Gasteiger partial charge in [-0.3, -0.25) is 9.59 Å². The molecule has 3 aromatic rings. The van der Waals surface area contributed by atoms with Crippen molar-refractivity contribution in [3.8, 4) is 0 Å². The van der Waals surface area contributed by atoms with Gasteiger partial charge in [0, 0.05) is 18.4 Å². The van der Waals surface area contributed by atoms with E-state index in [4.69, 9.17) is 19.9 Å². The molecule has 2 radical (unpaired) electrons. The molecule has 44 heavy (non-hydrogen) atoms. The van der Waals surface area contributed by atoms with Crippen molar-refractivity contribution in [2.45, 2.75) is 53.4 Å². The fourth-order valence-corrected chi connectivity index (χ4v) is 5.61. The first-order chi connectivity index (χ1) is 20.0. The molecule has 2 aliphatic rings. The van der Waals surface area contributed by atoms with E-state index in [1.54, 1.807) is 12.2 Å². The van der Waals surface area contributed by atoms with Gasteiger partial charge in [-0.2, -0.15) is 0 Å². The number of allylic oxidation sites excluding steroid dienone is 5. The normalized spacial score (nSPS) is 12.5. The maximum absolute atomic E-state index is 11.5. The molecule has 2 aliphatic heterocycles. The molecule has 0 fully saturated rings. The van der Waals surface area contributed by atoms with Crippen LogP contribution in [-0.2, 0) is 33.1 Å². The van der Waals surface area contributed by atoms with Crippen LogP contribution in [0.2, 0.25) is 0 Å². The summed E-state index contributed by atoms with van der Waals surface area (Å²) in [5.41, 5.74) is 12.6. The predicted molar refractivity (Wildman–Crippen MR) is 175 cm³/mol. The quantitative estimate of drug-likeness (QED) is 0.271. The molecule has 226 valence electrons. The number of rotatable bonds is 8. The van der Waals surface area contributed by atoms with Gasteiger partial charge in [-0.15, -0.1) is 22.1 Å². The van der Waals surface area contributed by atoms with Crippen molar-refractivity contribution in [1.82, 2.24) is 19.9 Å². The Bertz CT molecular complexity index is 1930. The van der Waals surface area contributed by atoms with E-state index >= 15 is 0 Å². The van der Waals surface area contributed by atoms with Crippen LogP contribution in [0.4, 0.5) is 0 Å². The van der Waals surface area contributed by atoms with Crippen molar-refractivity contribution in [2.24, 2.45) is 0 Å². The molecule has 0 aromatic carbocycles. The SMILES string of the molecule is C=CC1=C(C)c2cc3[n-]c(cc4nc(cc5[n-]c(cc1n2)c(C)c5C=C)C(C)=C4CCC(=O)O)c(CCC(=O)O)c3C.[Fe+2].[PbH2]. The first-order valence-electron chi connectivity index (χ1n) is 13.8. The summed E-state index contributed by atoms with van der Waals surface area (Å²) < 4.78 is 0. The molecule has 0 amide bonds. The molecule has 2 N–H and O–H groups in total. The van der Waals surface area contributed by atoms with Crippen LogP contribution < -0.4 is 9.97 Å². The number of aromatic nitrogens is 4. The zero-order valence-corrected chi connectivity index (χ0v) is 31.9. The Morgan fingerprint density at radius 2 is 1.25 bits per heavy atom. The van der Waals surface area contributed by atoms with Gasteiger partial charge in [0.15, 0.2) is 0 Å². The van der Waals surface area contributed by atoms with E-state index < -0.39 is 11.9 Å². The summed E-state index contributed by atoms with van der Waals surface area (Å²) in [5.74, 6) is -1.80. The van der Waals surface area contributed by atoms with Crippen LogP contribution in [-0.4, -0.2) is 59.4 Å². The molecule has 0 aliphatic carbocycles. The summed E-state index contributed by atoms with van der Waals surface area (Å²) in [4.78, 5) is 42.7. The van der Waals surface area contributed by atoms with Gasteiger partial charge in [0.2, 0.25) is 0 Å². The van der Waals surface area contributed by atoms with Crippen LogP contribution in [0.15, 0.2) is 43.5 Å². The average Bonchev–Trinajstić information content (AvgIpc) is 3.59. The summed E-state index contributed by atoms with van der Waals surface area (Å²) in [5, 5.41) is 18.9. The van der Waals surface area contributed by atoms with Gasteiger partial charge in [-0.25, -0.2) is 9.97 Å². The second-order valence-corrected chi connectivity index (χ2v) is 10.6. The third kappa shape index (κ3) is 6.60. The van der Waals surface area contributed by atoms with Gasteiger partial charge >= 0.3 is 56.3 Å². The number of aryl methyl sites for hydroxylation is 3. The Morgan fingerprint density at radius 1 is 0.727 bits per heavy atom. The van der Waals surface area contributed by atoms with Crippen LogP contribution in [0.1, 0.15) is 78.1 Å². The van der Waals surface area contributed by atoms with E-state index in [2.05, 4.69) is 13.2 Å². The Hall–Kier alpha value is -3.54.